The number of carbonyl (C=O) groups is 2. The van der Waals surface area contributed by atoms with E-state index in [1.807, 2.05) is 4.98 Å². The molecule has 1 saturated heterocycles. The van der Waals surface area contributed by atoms with Gasteiger partial charge in [-0.1, -0.05) is 6.92 Å². The minimum absolute atomic E-state index is 0.260. The van der Waals surface area contributed by atoms with Crippen molar-refractivity contribution in [2.45, 2.75) is 32.3 Å². The number of ether oxygens (including phenoxy) is 2. The second-order valence-electron chi connectivity index (χ2n) is 5.47. The van der Waals surface area contributed by atoms with Gasteiger partial charge in [-0.25, -0.2) is 4.79 Å². The average Bonchev–Trinajstić information content (AvgIpc) is 2.83. The molecule has 0 bridgehead atoms. The van der Waals surface area contributed by atoms with Crippen molar-refractivity contribution < 1.29 is 24.2 Å². The molecule has 1 aliphatic rings. The predicted molar refractivity (Wildman–Crippen MR) is 80.4 cm³/mol. The molecule has 1 aliphatic heterocycles. The van der Waals surface area contributed by atoms with E-state index in [-0.39, 0.29) is 5.56 Å². The van der Waals surface area contributed by atoms with Crippen LogP contribution in [-0.4, -0.2) is 52.4 Å². The fraction of sp³-hybridized carbons (Fsp3) is 0.571. The van der Waals surface area contributed by atoms with Gasteiger partial charge in [-0.2, -0.15) is 0 Å². The Kier molecular flexibility index (Phi) is 5.20. The van der Waals surface area contributed by atoms with Crippen LogP contribution in [0.1, 0.15) is 30.4 Å². The first-order valence-corrected chi connectivity index (χ1v) is 7.31. The molecule has 2 heterocycles. The molecule has 10 nitrogen and oxygen atoms in total. The average molecular weight is 341 g/mol. The lowest BCUT2D eigenvalue weighted by atomic mass is 10.0. The van der Waals surface area contributed by atoms with Crippen molar-refractivity contribution >= 4 is 11.9 Å². The summed E-state index contributed by atoms with van der Waals surface area (Å²) in [7, 11) is 1.35. The molecule has 0 radical (unpaired) electrons. The van der Waals surface area contributed by atoms with Crippen molar-refractivity contribution in [3.8, 4) is 0 Å². The molecule has 10 heteroatoms. The Balaban J connectivity index is 2.44. The highest BCUT2D eigenvalue weighted by Crippen LogP contribution is 2.35. The topological polar surface area (TPSA) is 140 Å². The number of nitrogens with one attached hydrogen (secondary N) is 2. The van der Waals surface area contributed by atoms with Crippen molar-refractivity contribution in [3.63, 3.8) is 0 Å². The number of H-pyrrole nitrogens is 1. The zero-order valence-corrected chi connectivity index (χ0v) is 13.4. The lowest BCUT2D eigenvalue weighted by Gasteiger charge is -2.20. The Morgan fingerprint density at radius 1 is 1.46 bits per heavy atom. The molecule has 1 fully saturated rings. The maximum atomic E-state index is 12.1. The molecule has 0 aliphatic carbocycles. The number of amides is 1. The third-order valence-electron chi connectivity index (χ3n) is 3.84. The van der Waals surface area contributed by atoms with E-state index >= 15 is 0 Å². The van der Waals surface area contributed by atoms with Gasteiger partial charge in [0.2, 0.25) is 0 Å². The van der Waals surface area contributed by atoms with Crippen LogP contribution in [0.4, 0.5) is 0 Å². The molecule has 0 aromatic carbocycles. The third-order valence-corrected chi connectivity index (χ3v) is 3.84. The number of carbonyl (C=O) groups excluding carboxylic acids is 2. The molecule has 132 valence electrons. The first-order chi connectivity index (χ1) is 11.3. The largest absolute Gasteiger partial charge is 0.459 e. The van der Waals surface area contributed by atoms with Gasteiger partial charge in [0.15, 0.2) is 0 Å². The number of hydrogen-bond acceptors (Lipinski definition) is 7. The summed E-state index contributed by atoms with van der Waals surface area (Å²) >= 11 is 0. The van der Waals surface area contributed by atoms with Gasteiger partial charge in [-0.05, 0) is 0 Å². The first kappa shape index (κ1) is 17.9. The van der Waals surface area contributed by atoms with Crippen LogP contribution in [0.2, 0.25) is 0 Å². The number of esters is 1. The number of aromatic amines is 1. The summed E-state index contributed by atoms with van der Waals surface area (Å²) in [6, 6.07) is 0. The van der Waals surface area contributed by atoms with Gasteiger partial charge >= 0.3 is 11.7 Å². The summed E-state index contributed by atoms with van der Waals surface area (Å²) in [5.41, 5.74) is -1.86. The second kappa shape index (κ2) is 6.97. The SMILES string of the molecule is CNC(=O)c1cn([C@@H]2O[C@H](CO)C(OC(C)=O)[C@@H]2C)c(=O)[nH]c1=O. The molecule has 0 saturated carbocycles. The van der Waals surface area contributed by atoms with Crippen LogP contribution in [0.25, 0.3) is 0 Å². The van der Waals surface area contributed by atoms with Crippen LogP contribution < -0.4 is 16.6 Å². The van der Waals surface area contributed by atoms with E-state index in [4.69, 9.17) is 9.47 Å². The molecular formula is C14H19N3O7. The van der Waals surface area contributed by atoms with E-state index in [2.05, 4.69) is 5.32 Å². The van der Waals surface area contributed by atoms with Gasteiger partial charge in [0.1, 0.15) is 24.0 Å². The zero-order chi connectivity index (χ0) is 18.0. The Morgan fingerprint density at radius 3 is 2.67 bits per heavy atom. The maximum Gasteiger partial charge on any atom is 0.330 e. The van der Waals surface area contributed by atoms with E-state index in [0.717, 1.165) is 10.8 Å². The second-order valence-corrected chi connectivity index (χ2v) is 5.47. The molecule has 1 aromatic rings. The van der Waals surface area contributed by atoms with Crippen LogP contribution in [-0.2, 0) is 14.3 Å². The van der Waals surface area contributed by atoms with E-state index in [0.29, 0.717) is 0 Å². The normalized spacial score (nSPS) is 26.2. The predicted octanol–water partition coefficient (Wildman–Crippen LogP) is -1.65. The van der Waals surface area contributed by atoms with E-state index in [1.54, 1.807) is 6.92 Å². The number of hydrogen-bond donors (Lipinski definition) is 3. The highest BCUT2D eigenvalue weighted by molar-refractivity contribution is 5.93. The van der Waals surface area contributed by atoms with Gasteiger partial charge in [0.05, 0.1) is 6.61 Å². The summed E-state index contributed by atoms with van der Waals surface area (Å²) in [5.74, 6) is -1.70. The van der Waals surface area contributed by atoms with Crippen LogP contribution in [0, 0.1) is 5.92 Å². The summed E-state index contributed by atoms with van der Waals surface area (Å²) in [6.45, 7) is 2.48. The molecule has 0 spiro atoms. The molecular weight excluding hydrogens is 322 g/mol. The zero-order valence-electron chi connectivity index (χ0n) is 13.4. The van der Waals surface area contributed by atoms with Gasteiger partial charge < -0.3 is 19.9 Å². The minimum Gasteiger partial charge on any atom is -0.459 e. The van der Waals surface area contributed by atoms with Crippen molar-refractivity contribution in [2.24, 2.45) is 5.92 Å². The van der Waals surface area contributed by atoms with Gasteiger partial charge in [0.25, 0.3) is 11.5 Å². The summed E-state index contributed by atoms with van der Waals surface area (Å²) < 4.78 is 11.8. The van der Waals surface area contributed by atoms with Gasteiger partial charge in [-0.15, -0.1) is 0 Å². The Bertz CT molecular complexity index is 753. The van der Waals surface area contributed by atoms with Crippen LogP contribution in [0.5, 0.6) is 0 Å². The number of aliphatic hydroxyl groups excluding tert-OH is 1. The minimum atomic E-state index is -0.917. The standard InChI is InChI=1S/C14H19N3O7/c1-6-10(23-7(2)19)9(5-18)24-13(6)17-4-8(11(20)15-3)12(21)16-14(17)22/h4,6,9-10,13,18H,5H2,1-3H3,(H,15,20)(H,16,21,22)/t6-,9+,10?,13+/m0/s1. The molecule has 24 heavy (non-hydrogen) atoms. The van der Waals surface area contributed by atoms with Gasteiger partial charge in [-0.3, -0.25) is 23.9 Å². The summed E-state index contributed by atoms with van der Waals surface area (Å²) in [4.78, 5) is 48.8. The quantitative estimate of drug-likeness (QED) is 0.558. The molecule has 1 amide bonds. The van der Waals surface area contributed by atoms with Crippen molar-refractivity contribution in [1.29, 1.82) is 0 Å². The lowest BCUT2D eigenvalue weighted by Crippen LogP contribution is -2.39. The summed E-state index contributed by atoms with van der Waals surface area (Å²) in [5, 5.41) is 11.7. The monoisotopic (exact) mass is 341 g/mol. The number of rotatable bonds is 4. The lowest BCUT2D eigenvalue weighted by molar-refractivity contribution is -0.151. The van der Waals surface area contributed by atoms with Crippen molar-refractivity contribution in [3.05, 3.63) is 32.6 Å². The smallest absolute Gasteiger partial charge is 0.330 e. The fourth-order valence-corrected chi connectivity index (χ4v) is 2.69. The number of nitrogens with zero attached hydrogens (tertiary/aromatic N) is 1. The Hall–Kier alpha value is -2.46. The first-order valence-electron chi connectivity index (χ1n) is 7.31. The number of aliphatic hydroxyl groups is 1. The van der Waals surface area contributed by atoms with Crippen LogP contribution in [0.3, 0.4) is 0 Å². The van der Waals surface area contributed by atoms with Crippen molar-refractivity contribution in [2.75, 3.05) is 13.7 Å². The van der Waals surface area contributed by atoms with E-state index < -0.39 is 54.1 Å². The fourth-order valence-electron chi connectivity index (χ4n) is 2.69. The van der Waals surface area contributed by atoms with E-state index in [1.165, 1.54) is 14.0 Å². The third kappa shape index (κ3) is 3.24. The highest BCUT2D eigenvalue weighted by Gasteiger charge is 2.45. The Labute approximate surface area is 136 Å². The van der Waals surface area contributed by atoms with Crippen LogP contribution >= 0.6 is 0 Å². The van der Waals surface area contributed by atoms with E-state index in [9.17, 15) is 24.3 Å². The molecule has 2 rings (SSSR count). The van der Waals surface area contributed by atoms with Crippen molar-refractivity contribution in [1.82, 2.24) is 14.9 Å². The summed E-state index contributed by atoms with van der Waals surface area (Å²) in [6.07, 6.45) is -1.42. The molecule has 1 aromatic heterocycles. The molecule has 4 atom stereocenters. The number of aromatic nitrogens is 2. The Morgan fingerprint density at radius 2 is 2.12 bits per heavy atom. The molecule has 3 N–H and O–H groups in total. The highest BCUT2D eigenvalue weighted by atomic mass is 16.6. The maximum absolute atomic E-state index is 12.1. The van der Waals surface area contributed by atoms with Crippen LogP contribution in [0.15, 0.2) is 15.8 Å². The van der Waals surface area contributed by atoms with Gasteiger partial charge in [0, 0.05) is 26.1 Å². The molecule has 1 unspecified atom stereocenters.